The van der Waals surface area contributed by atoms with E-state index in [4.69, 9.17) is 5.11 Å². The number of allylic oxidation sites excluding steroid dienone is 1. The average molecular weight is 481 g/mol. The number of carboxylic acid groups (broad SMARTS) is 1. The van der Waals surface area contributed by atoms with Crippen LogP contribution in [0.4, 0.5) is 0 Å². The molecule has 0 bridgehead atoms. The predicted octanol–water partition coefficient (Wildman–Crippen LogP) is 5.52. The first-order valence-electron chi connectivity index (χ1n) is 11.7. The number of carboxylic acids is 1. The molecular weight excluding hydrogens is 452 g/mol. The summed E-state index contributed by atoms with van der Waals surface area (Å²) < 4.78 is 5.64. The Labute approximate surface area is 209 Å². The van der Waals surface area contributed by atoms with Gasteiger partial charge >= 0.3 is 5.97 Å². The van der Waals surface area contributed by atoms with Crippen molar-refractivity contribution in [3.63, 3.8) is 0 Å². The summed E-state index contributed by atoms with van der Waals surface area (Å²) in [6.45, 7) is 5.23. The monoisotopic (exact) mass is 480 g/mol. The van der Waals surface area contributed by atoms with Gasteiger partial charge in [-0.3, -0.25) is 0 Å². The van der Waals surface area contributed by atoms with Gasteiger partial charge < -0.3 is 9.67 Å². The molecule has 0 atom stereocenters. The molecule has 0 radical (unpaired) electrons. The second-order valence-corrected chi connectivity index (χ2v) is 8.16. The van der Waals surface area contributed by atoms with Crippen LogP contribution in [0.2, 0.25) is 0 Å². The van der Waals surface area contributed by atoms with Gasteiger partial charge in [0.15, 0.2) is 0 Å². The van der Waals surface area contributed by atoms with E-state index >= 15 is 0 Å². The van der Waals surface area contributed by atoms with Crippen molar-refractivity contribution in [2.75, 3.05) is 0 Å². The number of benzene rings is 2. The van der Waals surface area contributed by atoms with Crippen LogP contribution in [-0.2, 0) is 6.54 Å². The summed E-state index contributed by atoms with van der Waals surface area (Å²) in [5, 5.41) is 16.9. The first-order chi connectivity index (χ1) is 17.6. The molecule has 0 saturated carbocycles. The van der Waals surface area contributed by atoms with Crippen molar-refractivity contribution in [2.45, 2.75) is 25.8 Å². The van der Waals surface area contributed by atoms with E-state index in [0.29, 0.717) is 0 Å². The number of aromatic carboxylic acids is 1. The van der Waals surface area contributed by atoms with Gasteiger partial charge in [0.2, 0.25) is 0 Å². The summed E-state index contributed by atoms with van der Waals surface area (Å²) >= 11 is 0. The Morgan fingerprint density at radius 1 is 0.778 bits per heavy atom. The van der Waals surface area contributed by atoms with Crippen LogP contribution >= 0.6 is 0 Å². The third-order valence-electron chi connectivity index (χ3n) is 5.63. The number of rotatable bonds is 9. The summed E-state index contributed by atoms with van der Waals surface area (Å²) in [5.74, 6) is -0.919. The molecule has 0 unspecified atom stereocenters. The van der Waals surface area contributed by atoms with Gasteiger partial charge in [-0.15, -0.1) is 0 Å². The Kier molecular flexibility index (Phi) is 8.22. The van der Waals surface area contributed by atoms with Crippen LogP contribution < -0.4 is 0 Å². The quantitative estimate of drug-likeness (QED) is 0.280. The van der Waals surface area contributed by atoms with Crippen LogP contribution in [0.1, 0.15) is 35.2 Å². The maximum atomic E-state index is 10.6. The van der Waals surface area contributed by atoms with Crippen LogP contribution in [0.15, 0.2) is 111 Å². The van der Waals surface area contributed by atoms with Crippen molar-refractivity contribution in [3.8, 4) is 11.4 Å². The van der Waals surface area contributed by atoms with Crippen LogP contribution in [0.25, 0.3) is 16.9 Å². The lowest BCUT2D eigenvalue weighted by atomic mass is 10.0. The maximum Gasteiger partial charge on any atom is 0.335 e. The Morgan fingerprint density at radius 3 is 1.83 bits per heavy atom. The average Bonchev–Trinajstić information content (AvgIpc) is 3.71. The second kappa shape index (κ2) is 12.1. The van der Waals surface area contributed by atoms with E-state index in [2.05, 4.69) is 50.6 Å². The van der Waals surface area contributed by atoms with Gasteiger partial charge in [0.1, 0.15) is 0 Å². The van der Waals surface area contributed by atoms with Crippen molar-refractivity contribution in [3.05, 3.63) is 122 Å². The molecule has 0 amide bonds. The molecule has 3 aromatic heterocycles. The molecule has 182 valence electrons. The number of carbonyl (C=O) groups is 1. The lowest BCUT2D eigenvalue weighted by Gasteiger charge is -2.08. The normalized spacial score (nSPS) is 10.4. The van der Waals surface area contributed by atoms with Crippen LogP contribution in [0, 0.1) is 0 Å². The number of unbranched alkanes of at least 4 members (excludes halogenated alkanes) is 1. The van der Waals surface area contributed by atoms with Gasteiger partial charge in [-0.1, -0.05) is 18.7 Å². The Bertz CT molecular complexity index is 1340. The van der Waals surface area contributed by atoms with Gasteiger partial charge in [-0.05, 0) is 78.9 Å². The largest absolute Gasteiger partial charge is 0.478 e. The minimum atomic E-state index is -0.919. The fraction of sp³-hybridized carbons (Fsp3) is 0.143. The van der Waals surface area contributed by atoms with Gasteiger partial charge in [0.25, 0.3) is 0 Å². The predicted molar refractivity (Wildman–Crippen MR) is 139 cm³/mol. The third-order valence-corrected chi connectivity index (χ3v) is 5.63. The number of hydrogen-bond acceptors (Lipinski definition) is 4. The molecule has 0 spiro atoms. The number of imidazole rings is 1. The van der Waals surface area contributed by atoms with Crippen molar-refractivity contribution in [2.24, 2.45) is 0 Å². The standard InChI is InChI=1S/C18H20N4.C10H8N2O2/c1-16(5-2-3-12-21-14-11-19-15-21)17-6-8-18(9-7-17)22-13-4-10-20-22;13-10(14)8-2-4-9(5-3-8)12-7-1-6-11-12/h4,6-11,13-15H,1-3,5,12H2;1-7H,(H,13,14). The Balaban J connectivity index is 0.000000187. The topological polar surface area (TPSA) is 90.8 Å². The fourth-order valence-electron chi connectivity index (χ4n) is 3.65. The number of aryl methyl sites for hydroxylation is 1. The third kappa shape index (κ3) is 6.66. The zero-order chi connectivity index (χ0) is 25.2. The molecule has 0 saturated heterocycles. The molecule has 5 aromatic rings. The molecule has 8 heteroatoms. The number of hydrogen-bond donors (Lipinski definition) is 1. The van der Waals surface area contributed by atoms with E-state index in [-0.39, 0.29) is 5.56 Å². The van der Waals surface area contributed by atoms with Crippen LogP contribution in [0.3, 0.4) is 0 Å². The van der Waals surface area contributed by atoms with Gasteiger partial charge in [0, 0.05) is 43.7 Å². The zero-order valence-electron chi connectivity index (χ0n) is 19.9. The zero-order valence-corrected chi connectivity index (χ0v) is 19.9. The van der Waals surface area contributed by atoms with Crippen LogP contribution in [-0.4, -0.2) is 40.2 Å². The van der Waals surface area contributed by atoms with Crippen molar-refractivity contribution < 1.29 is 9.90 Å². The molecule has 3 heterocycles. The molecule has 8 nitrogen and oxygen atoms in total. The van der Waals surface area contributed by atoms with E-state index in [1.165, 1.54) is 11.1 Å². The smallest absolute Gasteiger partial charge is 0.335 e. The maximum absolute atomic E-state index is 10.6. The molecule has 0 aliphatic heterocycles. The van der Waals surface area contributed by atoms with E-state index in [1.807, 2.05) is 41.7 Å². The summed E-state index contributed by atoms with van der Waals surface area (Å²) in [6.07, 6.45) is 16.2. The molecule has 0 aliphatic carbocycles. The Morgan fingerprint density at radius 2 is 1.36 bits per heavy atom. The highest BCUT2D eigenvalue weighted by molar-refractivity contribution is 5.87. The molecule has 2 aromatic carbocycles. The fourth-order valence-corrected chi connectivity index (χ4v) is 3.65. The van der Waals surface area contributed by atoms with E-state index in [0.717, 1.165) is 37.2 Å². The molecule has 1 N–H and O–H groups in total. The van der Waals surface area contributed by atoms with Crippen molar-refractivity contribution in [1.82, 2.24) is 29.1 Å². The highest BCUT2D eigenvalue weighted by Crippen LogP contribution is 2.20. The Hall–Kier alpha value is -4.72. The molecule has 0 fully saturated rings. The van der Waals surface area contributed by atoms with E-state index in [1.54, 1.807) is 47.5 Å². The molecular formula is C28H28N6O2. The van der Waals surface area contributed by atoms with Gasteiger partial charge in [-0.25, -0.2) is 19.1 Å². The highest BCUT2D eigenvalue weighted by atomic mass is 16.4. The van der Waals surface area contributed by atoms with E-state index in [9.17, 15) is 4.79 Å². The highest BCUT2D eigenvalue weighted by Gasteiger charge is 2.03. The minimum absolute atomic E-state index is 0.279. The van der Waals surface area contributed by atoms with E-state index < -0.39 is 5.97 Å². The molecule has 5 rings (SSSR count). The number of nitrogens with zero attached hydrogens (tertiary/aromatic N) is 6. The summed E-state index contributed by atoms with van der Waals surface area (Å²) in [5.41, 5.74) is 4.60. The van der Waals surface area contributed by atoms with Crippen molar-refractivity contribution >= 4 is 11.5 Å². The van der Waals surface area contributed by atoms with Crippen LogP contribution in [0.5, 0.6) is 0 Å². The summed E-state index contributed by atoms with van der Waals surface area (Å²) in [6, 6.07) is 18.7. The lowest BCUT2D eigenvalue weighted by molar-refractivity contribution is 0.0697. The summed E-state index contributed by atoms with van der Waals surface area (Å²) in [7, 11) is 0. The summed E-state index contributed by atoms with van der Waals surface area (Å²) in [4.78, 5) is 14.6. The first kappa shape index (κ1) is 24.4. The van der Waals surface area contributed by atoms with Gasteiger partial charge in [-0.2, -0.15) is 10.2 Å². The second-order valence-electron chi connectivity index (χ2n) is 8.16. The number of aromatic nitrogens is 6. The first-order valence-corrected chi connectivity index (χ1v) is 11.7. The molecule has 0 aliphatic rings. The minimum Gasteiger partial charge on any atom is -0.478 e. The lowest BCUT2D eigenvalue weighted by Crippen LogP contribution is -1.98. The van der Waals surface area contributed by atoms with Crippen molar-refractivity contribution in [1.29, 1.82) is 0 Å². The van der Waals surface area contributed by atoms with Gasteiger partial charge in [0.05, 0.1) is 23.3 Å². The SMILES string of the molecule is C=C(CCCCn1ccnc1)c1ccc(-n2cccn2)cc1.O=C(O)c1ccc(-n2cccn2)cc1. The molecule has 36 heavy (non-hydrogen) atoms.